The van der Waals surface area contributed by atoms with Crippen LogP contribution in [-0.4, -0.2) is 24.5 Å². The average Bonchev–Trinajstić information content (AvgIpc) is 3.14. The lowest BCUT2D eigenvalue weighted by atomic mass is 9.89. The SMILES string of the molecule is CCc1cc(C(=O)NCC2CC3CCC2C3)cc(NC)n1. The summed E-state index contributed by atoms with van der Waals surface area (Å²) in [4.78, 5) is 16.8. The Morgan fingerprint density at radius 3 is 2.81 bits per heavy atom. The summed E-state index contributed by atoms with van der Waals surface area (Å²) in [5, 5.41) is 6.16. The van der Waals surface area contributed by atoms with Crippen LogP contribution in [0.25, 0.3) is 0 Å². The maximum Gasteiger partial charge on any atom is 0.251 e. The number of anilines is 1. The van der Waals surface area contributed by atoms with E-state index in [9.17, 15) is 4.79 Å². The molecule has 2 fully saturated rings. The summed E-state index contributed by atoms with van der Waals surface area (Å²) in [6, 6.07) is 3.73. The maximum atomic E-state index is 12.4. The van der Waals surface area contributed by atoms with Crippen molar-refractivity contribution < 1.29 is 4.79 Å². The van der Waals surface area contributed by atoms with Crippen LogP contribution < -0.4 is 10.6 Å². The summed E-state index contributed by atoms with van der Waals surface area (Å²) < 4.78 is 0. The third-order valence-electron chi connectivity index (χ3n) is 5.17. The molecule has 3 rings (SSSR count). The highest BCUT2D eigenvalue weighted by Crippen LogP contribution is 2.47. The van der Waals surface area contributed by atoms with Gasteiger partial charge in [-0.1, -0.05) is 13.3 Å². The summed E-state index contributed by atoms with van der Waals surface area (Å²) in [7, 11) is 1.83. The highest BCUT2D eigenvalue weighted by atomic mass is 16.1. The molecule has 2 aliphatic rings. The van der Waals surface area contributed by atoms with Gasteiger partial charge in [0.1, 0.15) is 5.82 Å². The molecule has 4 heteroatoms. The van der Waals surface area contributed by atoms with E-state index < -0.39 is 0 Å². The van der Waals surface area contributed by atoms with E-state index in [0.717, 1.165) is 36.3 Å². The number of nitrogens with zero attached hydrogens (tertiary/aromatic N) is 1. The number of hydrogen-bond acceptors (Lipinski definition) is 3. The molecular formula is C17H25N3O. The number of nitrogens with one attached hydrogen (secondary N) is 2. The first kappa shape index (κ1) is 14.4. The second-order valence-corrected chi connectivity index (χ2v) is 6.48. The first-order valence-electron chi connectivity index (χ1n) is 8.16. The van der Waals surface area contributed by atoms with Crippen LogP contribution >= 0.6 is 0 Å². The lowest BCUT2D eigenvalue weighted by molar-refractivity contribution is 0.0941. The molecule has 2 bridgehead atoms. The molecule has 1 aromatic heterocycles. The molecule has 2 aliphatic carbocycles. The highest BCUT2D eigenvalue weighted by Gasteiger charge is 2.39. The molecule has 21 heavy (non-hydrogen) atoms. The first-order valence-corrected chi connectivity index (χ1v) is 8.16. The first-order chi connectivity index (χ1) is 10.2. The fraction of sp³-hybridized carbons (Fsp3) is 0.647. The van der Waals surface area contributed by atoms with Crippen LogP contribution in [-0.2, 0) is 6.42 Å². The molecule has 114 valence electrons. The maximum absolute atomic E-state index is 12.4. The van der Waals surface area contributed by atoms with Gasteiger partial charge in [-0.15, -0.1) is 0 Å². The van der Waals surface area contributed by atoms with Crippen LogP contribution in [0.2, 0.25) is 0 Å². The van der Waals surface area contributed by atoms with Crippen molar-refractivity contribution in [2.75, 3.05) is 18.9 Å². The number of carbonyl (C=O) groups excluding carboxylic acids is 1. The largest absolute Gasteiger partial charge is 0.373 e. The molecule has 0 saturated heterocycles. The van der Waals surface area contributed by atoms with E-state index in [1.807, 2.05) is 19.2 Å². The minimum atomic E-state index is 0.0337. The van der Waals surface area contributed by atoms with Gasteiger partial charge in [-0.25, -0.2) is 4.98 Å². The molecule has 1 aromatic rings. The molecule has 1 heterocycles. The van der Waals surface area contributed by atoms with Crippen molar-refractivity contribution in [3.8, 4) is 0 Å². The van der Waals surface area contributed by atoms with E-state index >= 15 is 0 Å². The average molecular weight is 287 g/mol. The summed E-state index contributed by atoms with van der Waals surface area (Å²) in [5.41, 5.74) is 1.67. The fourth-order valence-electron chi connectivity index (χ4n) is 3.98. The van der Waals surface area contributed by atoms with Gasteiger partial charge >= 0.3 is 0 Å². The van der Waals surface area contributed by atoms with E-state index in [-0.39, 0.29) is 5.91 Å². The van der Waals surface area contributed by atoms with Gasteiger partial charge in [-0.2, -0.15) is 0 Å². The summed E-state index contributed by atoms with van der Waals surface area (Å²) in [5.74, 6) is 3.28. The highest BCUT2D eigenvalue weighted by molar-refractivity contribution is 5.95. The predicted octanol–water partition coefficient (Wildman–Crippen LogP) is 2.85. The third-order valence-corrected chi connectivity index (χ3v) is 5.17. The Kier molecular flexibility index (Phi) is 4.13. The smallest absolute Gasteiger partial charge is 0.251 e. The van der Waals surface area contributed by atoms with Crippen molar-refractivity contribution >= 4 is 11.7 Å². The zero-order chi connectivity index (χ0) is 14.8. The Morgan fingerprint density at radius 1 is 1.33 bits per heavy atom. The quantitative estimate of drug-likeness (QED) is 0.875. The van der Waals surface area contributed by atoms with Gasteiger partial charge in [0.05, 0.1) is 0 Å². The van der Waals surface area contributed by atoms with Gasteiger partial charge in [0, 0.05) is 24.8 Å². The van der Waals surface area contributed by atoms with Gasteiger partial charge in [-0.3, -0.25) is 4.79 Å². The molecule has 0 radical (unpaired) electrons. The summed E-state index contributed by atoms with van der Waals surface area (Å²) in [6.07, 6.45) is 6.31. The van der Waals surface area contributed by atoms with Crippen LogP contribution in [0.15, 0.2) is 12.1 Å². The Labute approximate surface area is 126 Å². The number of fused-ring (bicyclic) bond motifs is 2. The van der Waals surface area contributed by atoms with Gasteiger partial charge in [-0.05, 0) is 55.6 Å². The number of rotatable bonds is 5. The van der Waals surface area contributed by atoms with E-state index in [0.29, 0.717) is 11.5 Å². The van der Waals surface area contributed by atoms with Crippen molar-refractivity contribution in [2.24, 2.45) is 17.8 Å². The fourth-order valence-corrected chi connectivity index (χ4v) is 3.98. The molecule has 3 unspecified atom stereocenters. The Bertz CT molecular complexity index is 507. The number of hydrogen-bond donors (Lipinski definition) is 2. The number of aryl methyl sites for hydroxylation is 1. The number of amides is 1. The van der Waals surface area contributed by atoms with Gasteiger partial charge in [0.2, 0.25) is 0 Å². The monoisotopic (exact) mass is 287 g/mol. The molecule has 2 N–H and O–H groups in total. The topological polar surface area (TPSA) is 54.0 Å². The van der Waals surface area contributed by atoms with Crippen LogP contribution in [0.1, 0.15) is 48.7 Å². The van der Waals surface area contributed by atoms with Crippen LogP contribution in [0.4, 0.5) is 5.82 Å². The van der Waals surface area contributed by atoms with Gasteiger partial charge < -0.3 is 10.6 Å². The van der Waals surface area contributed by atoms with E-state index in [1.165, 1.54) is 25.7 Å². The number of carbonyl (C=O) groups is 1. The zero-order valence-corrected chi connectivity index (χ0v) is 13.0. The van der Waals surface area contributed by atoms with Crippen molar-refractivity contribution in [3.05, 3.63) is 23.4 Å². The predicted molar refractivity (Wildman–Crippen MR) is 84.4 cm³/mol. The van der Waals surface area contributed by atoms with E-state index in [1.54, 1.807) is 0 Å². The minimum absolute atomic E-state index is 0.0337. The molecule has 1 amide bonds. The number of pyridine rings is 1. The van der Waals surface area contributed by atoms with Crippen molar-refractivity contribution in [1.82, 2.24) is 10.3 Å². The molecule has 0 spiro atoms. The van der Waals surface area contributed by atoms with Crippen molar-refractivity contribution in [1.29, 1.82) is 0 Å². The van der Waals surface area contributed by atoms with Crippen LogP contribution in [0.5, 0.6) is 0 Å². The lowest BCUT2D eigenvalue weighted by Gasteiger charge is -2.21. The minimum Gasteiger partial charge on any atom is -0.373 e. The molecule has 4 nitrogen and oxygen atoms in total. The normalized spacial score (nSPS) is 26.9. The molecule has 0 aliphatic heterocycles. The van der Waals surface area contributed by atoms with Crippen molar-refractivity contribution in [3.63, 3.8) is 0 Å². The lowest BCUT2D eigenvalue weighted by Crippen LogP contribution is -2.31. The second kappa shape index (κ2) is 6.04. The molecule has 0 aromatic carbocycles. The van der Waals surface area contributed by atoms with Gasteiger partial charge in [0.15, 0.2) is 0 Å². The Hall–Kier alpha value is -1.58. The van der Waals surface area contributed by atoms with Gasteiger partial charge in [0.25, 0.3) is 5.91 Å². The van der Waals surface area contributed by atoms with E-state index in [4.69, 9.17) is 0 Å². The zero-order valence-electron chi connectivity index (χ0n) is 13.0. The third kappa shape index (κ3) is 3.04. The van der Waals surface area contributed by atoms with Crippen LogP contribution in [0, 0.1) is 17.8 Å². The van der Waals surface area contributed by atoms with Crippen LogP contribution in [0.3, 0.4) is 0 Å². The van der Waals surface area contributed by atoms with E-state index in [2.05, 4.69) is 22.5 Å². The standard InChI is InChI=1S/C17H25N3O/c1-3-15-8-13(9-16(18-2)20-15)17(21)19-10-14-7-11-4-5-12(14)6-11/h8-9,11-12,14H,3-7,10H2,1-2H3,(H,18,20)(H,19,21). The summed E-state index contributed by atoms with van der Waals surface area (Å²) >= 11 is 0. The number of aromatic nitrogens is 1. The molecule has 2 saturated carbocycles. The summed E-state index contributed by atoms with van der Waals surface area (Å²) in [6.45, 7) is 2.89. The second-order valence-electron chi connectivity index (χ2n) is 6.48. The Balaban J connectivity index is 1.62. The van der Waals surface area contributed by atoms with Crippen molar-refractivity contribution in [2.45, 2.75) is 39.0 Å². The molecular weight excluding hydrogens is 262 g/mol. The molecule has 3 atom stereocenters. The Morgan fingerprint density at radius 2 is 2.19 bits per heavy atom.